The molecule has 5 heteroatoms. The fourth-order valence-electron chi connectivity index (χ4n) is 0.784. The second-order valence-corrected chi connectivity index (χ2v) is 2.45. The van der Waals surface area contributed by atoms with Gasteiger partial charge in [-0.1, -0.05) is 0 Å². The van der Waals surface area contributed by atoms with Crippen LogP contribution in [-0.4, -0.2) is 16.7 Å². The molecule has 0 saturated heterocycles. The molecule has 1 aromatic rings. The van der Waals surface area contributed by atoms with Gasteiger partial charge in [0, 0.05) is 18.0 Å². The lowest BCUT2D eigenvalue weighted by Crippen LogP contribution is -2.22. The second kappa shape index (κ2) is 4.20. The van der Waals surface area contributed by atoms with Crippen LogP contribution in [0.15, 0.2) is 34.7 Å². The van der Waals surface area contributed by atoms with Gasteiger partial charge >= 0.3 is 0 Å². The van der Waals surface area contributed by atoms with Gasteiger partial charge in [-0.2, -0.15) is 5.10 Å². The Hall–Kier alpha value is -1.91. The Morgan fingerprint density at radius 1 is 1.23 bits per heavy atom. The first-order chi connectivity index (χ1) is 6.20. The van der Waals surface area contributed by atoms with Gasteiger partial charge in [-0.05, 0) is 19.1 Å². The minimum atomic E-state index is -0.0478. The summed E-state index contributed by atoms with van der Waals surface area (Å²) in [6, 6.07) is 3.67. The molecule has 13 heavy (non-hydrogen) atoms. The lowest BCUT2D eigenvalue weighted by molar-refractivity contribution is 1.19. The van der Waals surface area contributed by atoms with E-state index in [1.54, 1.807) is 12.4 Å². The van der Waals surface area contributed by atoms with Gasteiger partial charge < -0.3 is 11.5 Å². The Morgan fingerprint density at radius 3 is 2.38 bits per heavy atom. The van der Waals surface area contributed by atoms with E-state index in [9.17, 15) is 0 Å². The smallest absolute Gasteiger partial charge is 0.211 e. The normalized spacial score (nSPS) is 11.0. The van der Waals surface area contributed by atoms with Crippen LogP contribution < -0.4 is 11.5 Å². The minimum Gasteiger partial charge on any atom is -0.369 e. The van der Waals surface area contributed by atoms with Crippen molar-refractivity contribution in [2.75, 3.05) is 0 Å². The maximum absolute atomic E-state index is 5.13. The van der Waals surface area contributed by atoms with Crippen molar-refractivity contribution in [1.29, 1.82) is 0 Å². The molecule has 1 rings (SSSR count). The molecule has 0 atom stereocenters. The minimum absolute atomic E-state index is 0.0478. The van der Waals surface area contributed by atoms with Crippen molar-refractivity contribution in [2.24, 2.45) is 21.7 Å². The zero-order chi connectivity index (χ0) is 9.68. The van der Waals surface area contributed by atoms with Crippen molar-refractivity contribution >= 4 is 11.7 Å². The Labute approximate surface area is 76.2 Å². The maximum Gasteiger partial charge on any atom is 0.211 e. The average molecular weight is 177 g/mol. The number of pyridine rings is 1. The molecular formula is C8H11N5. The molecule has 0 fully saturated rings. The van der Waals surface area contributed by atoms with Crippen LogP contribution >= 0.6 is 0 Å². The molecular weight excluding hydrogens is 166 g/mol. The number of nitrogens with two attached hydrogens (primary N) is 2. The summed E-state index contributed by atoms with van der Waals surface area (Å²) in [7, 11) is 0. The molecule has 0 aliphatic carbocycles. The first-order valence-corrected chi connectivity index (χ1v) is 3.73. The molecule has 68 valence electrons. The topological polar surface area (TPSA) is 89.6 Å². The van der Waals surface area contributed by atoms with E-state index in [0.29, 0.717) is 0 Å². The summed E-state index contributed by atoms with van der Waals surface area (Å²) in [5, 5.41) is 7.36. The van der Waals surface area contributed by atoms with Gasteiger partial charge in [0.1, 0.15) is 0 Å². The van der Waals surface area contributed by atoms with E-state index in [4.69, 9.17) is 11.5 Å². The van der Waals surface area contributed by atoms with E-state index in [1.165, 1.54) is 0 Å². The van der Waals surface area contributed by atoms with E-state index in [1.807, 2.05) is 19.1 Å². The molecule has 1 heterocycles. The Bertz CT molecular complexity index is 324. The van der Waals surface area contributed by atoms with E-state index >= 15 is 0 Å². The highest BCUT2D eigenvalue weighted by atomic mass is 15.3. The number of rotatable bonds is 2. The highest BCUT2D eigenvalue weighted by Crippen LogP contribution is 1.98. The molecule has 1 aromatic heterocycles. The molecule has 4 N–H and O–H groups in total. The van der Waals surface area contributed by atoms with E-state index in [-0.39, 0.29) is 5.96 Å². The van der Waals surface area contributed by atoms with Gasteiger partial charge in [0.2, 0.25) is 5.96 Å². The first kappa shape index (κ1) is 9.18. The SMILES string of the molecule is CC(=NN=C(N)N)c1ccncc1. The van der Waals surface area contributed by atoms with Crippen molar-refractivity contribution in [1.82, 2.24) is 4.98 Å². The van der Waals surface area contributed by atoms with Crippen LogP contribution in [0.2, 0.25) is 0 Å². The highest BCUT2D eigenvalue weighted by molar-refractivity contribution is 5.98. The summed E-state index contributed by atoms with van der Waals surface area (Å²) in [6.45, 7) is 1.82. The molecule has 0 spiro atoms. The third-order valence-electron chi connectivity index (χ3n) is 1.41. The number of hydrogen-bond acceptors (Lipinski definition) is 3. The number of nitrogens with zero attached hydrogens (tertiary/aromatic N) is 3. The predicted octanol–water partition coefficient (Wildman–Crippen LogP) is 0.0790. The lowest BCUT2D eigenvalue weighted by Gasteiger charge is -1.95. The van der Waals surface area contributed by atoms with Crippen LogP contribution in [-0.2, 0) is 0 Å². The van der Waals surface area contributed by atoms with Gasteiger partial charge in [0.15, 0.2) is 0 Å². The van der Waals surface area contributed by atoms with Crippen molar-refractivity contribution < 1.29 is 0 Å². The number of guanidine groups is 1. The summed E-state index contributed by atoms with van der Waals surface area (Å²) >= 11 is 0. The van der Waals surface area contributed by atoms with Gasteiger partial charge in [0.25, 0.3) is 0 Å². The third-order valence-corrected chi connectivity index (χ3v) is 1.41. The Kier molecular flexibility index (Phi) is 2.97. The van der Waals surface area contributed by atoms with Gasteiger partial charge in [-0.15, -0.1) is 5.10 Å². The summed E-state index contributed by atoms with van der Waals surface area (Å²) in [6.07, 6.45) is 3.37. The summed E-state index contributed by atoms with van der Waals surface area (Å²) < 4.78 is 0. The zero-order valence-electron chi connectivity index (χ0n) is 7.31. The summed E-state index contributed by atoms with van der Waals surface area (Å²) in [5.41, 5.74) is 11.9. The van der Waals surface area contributed by atoms with E-state index < -0.39 is 0 Å². The molecule has 0 bridgehead atoms. The molecule has 5 nitrogen and oxygen atoms in total. The third kappa shape index (κ3) is 2.90. The quantitative estimate of drug-likeness (QED) is 0.381. The Morgan fingerprint density at radius 2 is 1.85 bits per heavy atom. The predicted molar refractivity (Wildman–Crippen MR) is 52.3 cm³/mol. The largest absolute Gasteiger partial charge is 0.369 e. The second-order valence-electron chi connectivity index (χ2n) is 2.45. The van der Waals surface area contributed by atoms with Crippen LogP contribution in [0, 0.1) is 0 Å². The highest BCUT2D eigenvalue weighted by Gasteiger charge is 1.94. The molecule has 0 radical (unpaired) electrons. The summed E-state index contributed by atoms with van der Waals surface area (Å²) in [5.74, 6) is -0.0478. The van der Waals surface area contributed by atoms with Crippen LogP contribution in [0.1, 0.15) is 12.5 Å². The van der Waals surface area contributed by atoms with Crippen LogP contribution in [0.25, 0.3) is 0 Å². The molecule has 0 amide bonds. The van der Waals surface area contributed by atoms with Crippen LogP contribution in [0.5, 0.6) is 0 Å². The molecule has 0 aliphatic rings. The van der Waals surface area contributed by atoms with Gasteiger partial charge in [-0.3, -0.25) is 4.98 Å². The van der Waals surface area contributed by atoms with Crippen LogP contribution in [0.3, 0.4) is 0 Å². The molecule has 0 saturated carbocycles. The maximum atomic E-state index is 5.13. The fraction of sp³-hybridized carbons (Fsp3) is 0.125. The van der Waals surface area contributed by atoms with E-state index in [2.05, 4.69) is 15.2 Å². The van der Waals surface area contributed by atoms with Crippen molar-refractivity contribution in [3.63, 3.8) is 0 Å². The molecule has 0 unspecified atom stereocenters. The standard InChI is InChI=1S/C8H11N5/c1-6(12-13-8(9)10)7-2-4-11-5-3-7/h2-5H,1H3,(H4,9,10,13). The van der Waals surface area contributed by atoms with Crippen molar-refractivity contribution in [2.45, 2.75) is 6.92 Å². The van der Waals surface area contributed by atoms with E-state index in [0.717, 1.165) is 11.3 Å². The fourth-order valence-corrected chi connectivity index (χ4v) is 0.784. The first-order valence-electron chi connectivity index (χ1n) is 3.73. The summed E-state index contributed by atoms with van der Waals surface area (Å²) in [4.78, 5) is 3.88. The Balaban J connectivity index is 2.86. The number of aromatic nitrogens is 1. The van der Waals surface area contributed by atoms with Crippen LogP contribution in [0.4, 0.5) is 0 Å². The van der Waals surface area contributed by atoms with Crippen molar-refractivity contribution in [3.05, 3.63) is 30.1 Å². The van der Waals surface area contributed by atoms with Gasteiger partial charge in [-0.25, -0.2) is 0 Å². The average Bonchev–Trinajstić information content (AvgIpc) is 2.15. The molecule has 0 aliphatic heterocycles. The zero-order valence-corrected chi connectivity index (χ0v) is 7.31. The lowest BCUT2D eigenvalue weighted by atomic mass is 10.2. The van der Waals surface area contributed by atoms with Gasteiger partial charge in [0.05, 0.1) is 5.71 Å². The number of hydrogen-bond donors (Lipinski definition) is 2. The monoisotopic (exact) mass is 177 g/mol. The van der Waals surface area contributed by atoms with Crippen molar-refractivity contribution in [3.8, 4) is 0 Å². The molecule has 0 aromatic carbocycles.